The fourth-order valence-electron chi connectivity index (χ4n) is 2.01. The third-order valence-electron chi connectivity index (χ3n) is 3.31. The van der Waals surface area contributed by atoms with E-state index in [-0.39, 0.29) is 5.28 Å². The van der Waals surface area contributed by atoms with Gasteiger partial charge in [0.2, 0.25) is 5.28 Å². The summed E-state index contributed by atoms with van der Waals surface area (Å²) in [5.41, 5.74) is 1.87. The summed E-state index contributed by atoms with van der Waals surface area (Å²) in [5, 5.41) is 3.56. The Labute approximate surface area is 190 Å². The minimum Gasteiger partial charge on any atom is -0.196 e. The van der Waals surface area contributed by atoms with E-state index in [1.807, 2.05) is 12.1 Å². The number of hydrogen-bond donors (Lipinski definition) is 0. The maximum atomic E-state index is 6.20. The van der Waals surface area contributed by atoms with Crippen LogP contribution in [0.2, 0.25) is 25.4 Å². The first-order valence-electron chi connectivity index (χ1n) is 7.46. The van der Waals surface area contributed by atoms with Crippen LogP contribution in [0, 0.1) is 0 Å². The molecule has 0 aliphatic carbocycles. The summed E-state index contributed by atoms with van der Waals surface area (Å²) in [5.74, 6) is 1.17. The van der Waals surface area contributed by atoms with E-state index >= 15 is 0 Å². The molecule has 1 heterocycles. The van der Waals surface area contributed by atoms with E-state index in [1.54, 1.807) is 24.3 Å². The number of nitrogens with zero attached hydrogens (tertiary/aromatic N) is 3. The van der Waals surface area contributed by atoms with Gasteiger partial charge in [-0.2, -0.15) is 15.0 Å². The molecule has 1 aromatic heterocycles. The van der Waals surface area contributed by atoms with E-state index in [4.69, 9.17) is 58.0 Å². The molecule has 0 aliphatic rings. The van der Waals surface area contributed by atoms with Crippen molar-refractivity contribution in [2.24, 2.45) is 0 Å². The monoisotopic (exact) mass is 495 g/mol. The molecule has 0 unspecified atom stereocenters. The highest BCUT2D eigenvalue weighted by atomic mass is 35.5. The van der Waals surface area contributed by atoms with Gasteiger partial charge in [0.05, 0.1) is 0 Å². The predicted octanol–water partition coefficient (Wildman–Crippen LogP) is 7.72. The third kappa shape index (κ3) is 6.29. The zero-order chi connectivity index (χ0) is 19.4. The van der Waals surface area contributed by atoms with E-state index < -0.39 is 0 Å². The molecule has 3 rings (SSSR count). The molecule has 0 atom stereocenters. The van der Waals surface area contributed by atoms with Gasteiger partial charge >= 0.3 is 0 Å². The number of aromatic nitrogens is 3. The van der Waals surface area contributed by atoms with Gasteiger partial charge in [-0.3, -0.25) is 0 Å². The van der Waals surface area contributed by atoms with Gasteiger partial charge in [0.15, 0.2) is 10.3 Å². The summed E-state index contributed by atoms with van der Waals surface area (Å²) in [6.45, 7) is 0. The lowest BCUT2D eigenvalue weighted by molar-refractivity contribution is 0.801. The highest BCUT2D eigenvalue weighted by molar-refractivity contribution is 7.99. The zero-order valence-corrected chi connectivity index (χ0v) is 18.8. The Morgan fingerprint density at radius 2 is 1.07 bits per heavy atom. The van der Waals surface area contributed by atoms with Crippen LogP contribution in [0.5, 0.6) is 0 Å². The average Bonchev–Trinajstić information content (AvgIpc) is 2.60. The third-order valence-corrected chi connectivity index (χ3v) is 6.45. The minimum atomic E-state index is 0.138. The highest BCUT2D eigenvalue weighted by Gasteiger charge is 2.10. The minimum absolute atomic E-state index is 0.138. The van der Waals surface area contributed by atoms with Crippen LogP contribution in [-0.4, -0.2) is 15.0 Å². The summed E-state index contributed by atoms with van der Waals surface area (Å²) in [6, 6.07) is 10.7. The van der Waals surface area contributed by atoms with Crippen LogP contribution in [0.3, 0.4) is 0 Å². The summed E-state index contributed by atoms with van der Waals surface area (Å²) in [4.78, 5) is 12.8. The molecule has 0 aliphatic heterocycles. The van der Waals surface area contributed by atoms with E-state index in [1.165, 1.54) is 23.5 Å². The lowest BCUT2D eigenvalue weighted by Crippen LogP contribution is -1.96. The van der Waals surface area contributed by atoms with Crippen LogP contribution in [0.25, 0.3) is 0 Å². The topological polar surface area (TPSA) is 38.7 Å². The van der Waals surface area contributed by atoms with E-state index in [0.29, 0.717) is 41.9 Å². The Kier molecular flexibility index (Phi) is 7.80. The second kappa shape index (κ2) is 9.88. The van der Waals surface area contributed by atoms with Gasteiger partial charge in [0, 0.05) is 31.6 Å². The average molecular weight is 498 g/mol. The van der Waals surface area contributed by atoms with Gasteiger partial charge in [0.1, 0.15) is 0 Å². The molecule has 0 bridgehead atoms. The Morgan fingerprint density at radius 3 is 1.48 bits per heavy atom. The van der Waals surface area contributed by atoms with Gasteiger partial charge in [-0.15, -0.1) is 0 Å². The fourth-order valence-corrected chi connectivity index (χ4v) is 5.11. The molecule has 0 fully saturated rings. The summed E-state index contributed by atoms with van der Waals surface area (Å²) >= 11 is 33.1. The van der Waals surface area contributed by atoms with Crippen molar-refractivity contribution in [3.8, 4) is 0 Å². The number of benzene rings is 2. The maximum absolute atomic E-state index is 6.20. The lowest BCUT2D eigenvalue weighted by Gasteiger charge is -2.07. The van der Waals surface area contributed by atoms with Gasteiger partial charge in [0.25, 0.3) is 0 Å². The smallest absolute Gasteiger partial charge is 0.196 e. The standard InChI is InChI=1S/C17H10Cl5N3S2/c18-11-3-1-9(13(20)5-11)7-26-16-23-15(22)24-17(25-16)27-8-10-2-4-12(19)6-14(10)21/h1-6H,7-8H2. The van der Waals surface area contributed by atoms with Crippen molar-refractivity contribution in [1.82, 2.24) is 15.0 Å². The molecular weight excluding hydrogens is 488 g/mol. The Hall–Kier alpha value is -0.400. The van der Waals surface area contributed by atoms with Crippen molar-refractivity contribution in [2.45, 2.75) is 21.8 Å². The Balaban J connectivity index is 1.68. The molecule has 3 aromatic rings. The second-order valence-electron chi connectivity index (χ2n) is 5.22. The largest absolute Gasteiger partial charge is 0.227 e. The first-order valence-corrected chi connectivity index (χ1v) is 11.3. The number of hydrogen-bond acceptors (Lipinski definition) is 5. The molecule has 140 valence electrons. The quantitative estimate of drug-likeness (QED) is 0.326. The van der Waals surface area contributed by atoms with Crippen molar-refractivity contribution in [3.63, 3.8) is 0 Å². The molecule has 2 aromatic carbocycles. The molecule has 0 saturated heterocycles. The molecule has 0 spiro atoms. The number of halogens is 5. The zero-order valence-electron chi connectivity index (χ0n) is 13.4. The molecule has 0 saturated carbocycles. The highest BCUT2D eigenvalue weighted by Crippen LogP contribution is 2.30. The van der Waals surface area contributed by atoms with Crippen LogP contribution in [0.1, 0.15) is 11.1 Å². The van der Waals surface area contributed by atoms with Crippen molar-refractivity contribution in [2.75, 3.05) is 0 Å². The van der Waals surface area contributed by atoms with Crippen LogP contribution >= 0.6 is 81.5 Å². The first kappa shape index (κ1) is 21.3. The van der Waals surface area contributed by atoms with Crippen molar-refractivity contribution >= 4 is 81.5 Å². The van der Waals surface area contributed by atoms with Crippen LogP contribution < -0.4 is 0 Å². The van der Waals surface area contributed by atoms with Gasteiger partial charge in [-0.25, -0.2) is 0 Å². The molecule has 0 N–H and O–H groups in total. The maximum Gasteiger partial charge on any atom is 0.227 e. The molecule has 3 nitrogen and oxygen atoms in total. The van der Waals surface area contributed by atoms with E-state index in [2.05, 4.69) is 15.0 Å². The Bertz CT molecular complexity index is 898. The van der Waals surface area contributed by atoms with Gasteiger partial charge < -0.3 is 0 Å². The molecule has 10 heteroatoms. The fraction of sp³-hybridized carbons (Fsp3) is 0.118. The van der Waals surface area contributed by atoms with Crippen LogP contribution in [-0.2, 0) is 11.5 Å². The first-order chi connectivity index (χ1) is 12.9. The van der Waals surface area contributed by atoms with E-state index in [9.17, 15) is 0 Å². The van der Waals surface area contributed by atoms with Crippen LogP contribution in [0.15, 0.2) is 46.7 Å². The van der Waals surface area contributed by atoms with Crippen molar-refractivity contribution in [3.05, 3.63) is 72.9 Å². The summed E-state index contributed by atoms with van der Waals surface area (Å²) in [7, 11) is 0. The van der Waals surface area contributed by atoms with E-state index in [0.717, 1.165) is 11.1 Å². The number of rotatable bonds is 6. The van der Waals surface area contributed by atoms with Gasteiger partial charge in [-0.1, -0.05) is 82.1 Å². The number of thioether (sulfide) groups is 2. The summed E-state index contributed by atoms with van der Waals surface area (Å²) < 4.78 is 0. The van der Waals surface area contributed by atoms with Crippen molar-refractivity contribution < 1.29 is 0 Å². The van der Waals surface area contributed by atoms with Gasteiger partial charge in [-0.05, 0) is 47.0 Å². The molecule has 27 heavy (non-hydrogen) atoms. The lowest BCUT2D eigenvalue weighted by atomic mass is 10.2. The second-order valence-corrected chi connectivity index (χ2v) is 9.13. The molecule has 0 radical (unpaired) electrons. The SMILES string of the molecule is Clc1ccc(CSc2nc(Cl)nc(SCc3ccc(Cl)cc3Cl)n2)c(Cl)c1. The molecule has 0 amide bonds. The van der Waals surface area contributed by atoms with Crippen molar-refractivity contribution in [1.29, 1.82) is 0 Å². The van der Waals surface area contributed by atoms with Crippen LogP contribution in [0.4, 0.5) is 0 Å². The molecular formula is C17H10Cl5N3S2. The summed E-state index contributed by atoms with van der Waals surface area (Å²) in [6.07, 6.45) is 0. The predicted molar refractivity (Wildman–Crippen MR) is 117 cm³/mol. The Morgan fingerprint density at radius 1 is 0.630 bits per heavy atom. The normalized spacial score (nSPS) is 11.0.